The zero-order chi connectivity index (χ0) is 45.1. The number of nitrogens with two attached hydrogens (primary N) is 5. The molecule has 25 heteroatoms. The van der Waals surface area contributed by atoms with Crippen molar-refractivity contribution in [3.63, 3.8) is 0 Å². The normalized spacial score (nSPS) is 15.9. The van der Waals surface area contributed by atoms with Crippen LogP contribution >= 0.6 is 0 Å². The van der Waals surface area contributed by atoms with Crippen LogP contribution in [0.4, 0.5) is 0 Å². The molecule has 0 bridgehead atoms. The van der Waals surface area contributed by atoms with Gasteiger partial charge in [-0.05, 0) is 44.4 Å². The number of carboxylic acids is 1. The quantitative estimate of drug-likeness (QED) is 0.0253. The van der Waals surface area contributed by atoms with Crippen LogP contribution in [0.1, 0.15) is 63.8 Å². The molecule has 18 N–H and O–H groups in total. The maximum absolute atomic E-state index is 14.2. The first-order valence-electron chi connectivity index (χ1n) is 19.8. The third-order valence-electron chi connectivity index (χ3n) is 9.59. The van der Waals surface area contributed by atoms with Crippen LogP contribution in [0.15, 0.2) is 35.0 Å². The molecule has 336 valence electrons. The lowest BCUT2D eigenvalue weighted by atomic mass is 10.0. The van der Waals surface area contributed by atoms with E-state index in [4.69, 9.17) is 28.7 Å². The van der Waals surface area contributed by atoms with Crippen molar-refractivity contribution in [2.24, 2.45) is 44.6 Å². The molecule has 3 rings (SSSR count). The van der Waals surface area contributed by atoms with E-state index in [1.807, 2.05) is 0 Å². The molecule has 6 amide bonds. The van der Waals surface area contributed by atoms with E-state index in [-0.39, 0.29) is 76.5 Å². The number of nitrogens with one attached hydrogen (secondary N) is 7. The summed E-state index contributed by atoms with van der Waals surface area (Å²) in [6.07, 6.45) is 7.04. The monoisotopic (exact) mass is 857 g/mol. The van der Waals surface area contributed by atoms with E-state index in [1.165, 1.54) is 29.9 Å². The number of aliphatic carboxylic acids is 1. The molecule has 0 saturated carbocycles. The summed E-state index contributed by atoms with van der Waals surface area (Å²) in [6, 6.07) is -6.99. The van der Waals surface area contributed by atoms with Gasteiger partial charge < -0.3 is 75.2 Å². The van der Waals surface area contributed by atoms with E-state index < -0.39 is 90.1 Å². The van der Waals surface area contributed by atoms with Crippen LogP contribution in [0, 0.1) is 5.92 Å². The van der Waals surface area contributed by atoms with Crippen LogP contribution in [-0.4, -0.2) is 146 Å². The van der Waals surface area contributed by atoms with Crippen LogP contribution in [0.2, 0.25) is 0 Å². The minimum absolute atomic E-state index is 0.0308. The molecule has 61 heavy (non-hydrogen) atoms. The largest absolute Gasteiger partial charge is 0.480 e. The first-order valence-corrected chi connectivity index (χ1v) is 19.8. The summed E-state index contributed by atoms with van der Waals surface area (Å²) >= 11 is 0. The van der Waals surface area contributed by atoms with Gasteiger partial charge in [0.25, 0.3) is 0 Å². The Morgan fingerprint density at radius 3 is 1.93 bits per heavy atom. The predicted octanol–water partition coefficient (Wildman–Crippen LogP) is -4.86. The highest BCUT2D eigenvalue weighted by Crippen LogP contribution is 2.21. The lowest BCUT2D eigenvalue weighted by Crippen LogP contribution is -2.60. The van der Waals surface area contributed by atoms with Gasteiger partial charge in [0.15, 0.2) is 11.9 Å². The highest BCUT2D eigenvalue weighted by molar-refractivity contribution is 5.97. The molecular weight excluding hydrogens is 799 g/mol. The van der Waals surface area contributed by atoms with Crippen LogP contribution in [0.3, 0.4) is 0 Å². The molecule has 0 aromatic carbocycles. The summed E-state index contributed by atoms with van der Waals surface area (Å²) in [5.41, 5.74) is 28.9. The van der Waals surface area contributed by atoms with Crippen molar-refractivity contribution in [1.82, 2.24) is 51.4 Å². The van der Waals surface area contributed by atoms with Gasteiger partial charge >= 0.3 is 5.97 Å². The topological polar surface area (TPSA) is 415 Å². The van der Waals surface area contributed by atoms with Gasteiger partial charge in [0.1, 0.15) is 30.2 Å². The Labute approximate surface area is 351 Å². The Morgan fingerprint density at radius 1 is 0.803 bits per heavy atom. The third kappa shape index (κ3) is 16.4. The highest BCUT2D eigenvalue weighted by atomic mass is 16.4. The summed E-state index contributed by atoms with van der Waals surface area (Å²) in [7, 11) is 0. The van der Waals surface area contributed by atoms with E-state index in [0.29, 0.717) is 17.8 Å². The number of aromatic amines is 2. The minimum Gasteiger partial charge on any atom is -0.480 e. The molecule has 2 aromatic heterocycles. The maximum atomic E-state index is 14.2. The number of H-pyrrole nitrogens is 2. The second-order valence-electron chi connectivity index (χ2n) is 14.8. The lowest BCUT2D eigenvalue weighted by Gasteiger charge is -2.31. The van der Waals surface area contributed by atoms with E-state index in [0.717, 1.165) is 0 Å². The lowest BCUT2D eigenvalue weighted by molar-refractivity contribution is -0.145. The van der Waals surface area contributed by atoms with Crippen molar-refractivity contribution in [1.29, 1.82) is 0 Å². The Hall–Kier alpha value is -6.79. The second-order valence-corrected chi connectivity index (χ2v) is 14.8. The van der Waals surface area contributed by atoms with Gasteiger partial charge in [0.2, 0.25) is 35.4 Å². The van der Waals surface area contributed by atoms with Crippen molar-refractivity contribution in [3.8, 4) is 0 Å². The molecule has 2 aromatic rings. The molecule has 0 spiro atoms. The molecule has 0 radical (unpaired) electrons. The fraction of sp³-hybridized carbons (Fsp3) is 0.583. The number of aromatic nitrogens is 4. The number of hydrogen-bond donors (Lipinski definition) is 13. The number of carboxylic acid groups (broad SMARTS) is 1. The minimum atomic E-state index is -1.31. The number of nitrogens with zero attached hydrogens (tertiary/aromatic N) is 5. The van der Waals surface area contributed by atoms with E-state index in [1.54, 1.807) is 13.8 Å². The average Bonchev–Trinajstić information content (AvgIpc) is 4.02. The number of likely N-dealkylation sites (tertiary alicyclic amines) is 1. The number of carbonyl (C=O) groups excluding carboxylic acids is 6. The number of guanidine groups is 2. The highest BCUT2D eigenvalue weighted by Gasteiger charge is 2.40. The molecule has 25 nitrogen and oxygen atoms in total. The maximum Gasteiger partial charge on any atom is 0.326 e. The SMILES string of the molecule is CC(C)[C@H](NC(=O)[C@H](CCCN=C(N)N)NC(=O)CNC(=O)[C@@H](N)Cc1cnc[nH]1)C(=O)N[C@@H](CCCN=C(N)N)C(=O)N1CCC[C@H]1C(=O)N[C@@H](Cc1cnc[nH]1)C(=O)O. The summed E-state index contributed by atoms with van der Waals surface area (Å²) in [4.78, 5) is 116. The smallest absolute Gasteiger partial charge is 0.326 e. The molecule has 1 fully saturated rings. The predicted molar refractivity (Wildman–Crippen MR) is 220 cm³/mol. The molecule has 1 aliphatic rings. The van der Waals surface area contributed by atoms with Gasteiger partial charge in [-0.25, -0.2) is 14.8 Å². The van der Waals surface area contributed by atoms with Gasteiger partial charge in [-0.3, -0.25) is 38.8 Å². The van der Waals surface area contributed by atoms with Crippen LogP contribution in [0.25, 0.3) is 0 Å². The molecule has 3 heterocycles. The fourth-order valence-corrected chi connectivity index (χ4v) is 6.44. The van der Waals surface area contributed by atoms with Gasteiger partial charge in [-0.15, -0.1) is 0 Å². The van der Waals surface area contributed by atoms with Gasteiger partial charge in [0.05, 0.1) is 25.2 Å². The Bertz CT molecular complexity index is 1830. The summed E-state index contributed by atoms with van der Waals surface area (Å²) < 4.78 is 0. The Morgan fingerprint density at radius 2 is 1.39 bits per heavy atom. The van der Waals surface area contributed by atoms with Crippen molar-refractivity contribution in [2.45, 2.75) is 101 Å². The van der Waals surface area contributed by atoms with Crippen molar-refractivity contribution in [2.75, 3.05) is 26.2 Å². The third-order valence-corrected chi connectivity index (χ3v) is 9.59. The number of imidazole rings is 2. The van der Waals surface area contributed by atoms with E-state index in [2.05, 4.69) is 56.5 Å². The van der Waals surface area contributed by atoms with Gasteiger partial charge in [-0.2, -0.15) is 0 Å². The number of carbonyl (C=O) groups is 7. The van der Waals surface area contributed by atoms with Crippen molar-refractivity contribution in [3.05, 3.63) is 36.4 Å². The Kier molecular flexibility index (Phi) is 19.4. The summed E-state index contributed by atoms with van der Waals surface area (Å²) in [5.74, 6) is -6.28. The zero-order valence-corrected chi connectivity index (χ0v) is 34.3. The van der Waals surface area contributed by atoms with Gasteiger partial charge in [0, 0.05) is 56.3 Å². The van der Waals surface area contributed by atoms with Crippen molar-refractivity contribution >= 4 is 53.3 Å². The number of aliphatic imine (C=N–C) groups is 2. The number of rotatable bonds is 25. The first-order chi connectivity index (χ1) is 29.0. The molecule has 1 saturated heterocycles. The van der Waals surface area contributed by atoms with E-state index in [9.17, 15) is 38.7 Å². The van der Waals surface area contributed by atoms with Crippen molar-refractivity contribution < 1.29 is 38.7 Å². The fourth-order valence-electron chi connectivity index (χ4n) is 6.44. The Balaban J connectivity index is 1.75. The molecule has 0 unspecified atom stereocenters. The summed E-state index contributed by atoms with van der Waals surface area (Å²) in [5, 5.41) is 22.7. The number of hydrogen-bond acceptors (Lipinski definition) is 12. The van der Waals surface area contributed by atoms with Crippen LogP contribution in [-0.2, 0) is 46.4 Å². The van der Waals surface area contributed by atoms with E-state index >= 15 is 0 Å². The molecule has 0 aliphatic carbocycles. The summed E-state index contributed by atoms with van der Waals surface area (Å²) in [6.45, 7) is 3.20. The van der Waals surface area contributed by atoms with Crippen LogP contribution in [0.5, 0.6) is 0 Å². The first kappa shape index (κ1) is 48.6. The second kappa shape index (κ2) is 24.3. The van der Waals surface area contributed by atoms with Gasteiger partial charge in [-0.1, -0.05) is 13.8 Å². The standard InChI is InChI=1S/C36H59N17O8/c1-19(2)28(52-30(56)23(6-3-9-44-35(38)39)49-27(54)16-46-29(55)22(37)12-20-14-42-17-47-20)32(58)50-24(7-4-10-45-36(40)41)33(59)53-11-5-8-26(53)31(57)51-25(34(60)61)13-21-15-43-18-48-21/h14-15,17-19,22-26,28H,3-13,16,37H2,1-2H3,(H,42,47)(H,43,48)(H,46,55)(H,49,54)(H,50,58)(H,51,57)(H,52,56)(H,60,61)(H4,38,39,44)(H4,40,41,45)/t22-,23-,24-,25-,26-,28-/m0/s1. The number of amides is 6. The average molecular weight is 858 g/mol. The molecular formula is C36H59N17O8. The molecule has 1 aliphatic heterocycles. The molecule has 6 atom stereocenters. The van der Waals surface area contributed by atoms with Crippen LogP contribution < -0.4 is 55.3 Å². The zero-order valence-electron chi connectivity index (χ0n) is 34.3.